The summed E-state index contributed by atoms with van der Waals surface area (Å²) >= 11 is 0. The van der Waals surface area contributed by atoms with Gasteiger partial charge in [0.1, 0.15) is 5.69 Å². The van der Waals surface area contributed by atoms with Gasteiger partial charge in [0.05, 0.1) is 11.0 Å². The number of likely N-dealkylation sites (tertiary alicyclic amines) is 1. The number of aromatic nitrogens is 2. The maximum absolute atomic E-state index is 12.9. The Kier molecular flexibility index (Phi) is 7.61. The second-order valence-corrected chi connectivity index (χ2v) is 9.69. The molecule has 5 heteroatoms. The number of unbranched alkanes of at least 4 members (excludes halogenated alkanes) is 1. The number of para-hydroxylation sites is 1. The van der Waals surface area contributed by atoms with Crippen molar-refractivity contribution < 1.29 is 0 Å². The Labute approximate surface area is 197 Å². The van der Waals surface area contributed by atoms with Gasteiger partial charge >= 0.3 is 0 Å². The predicted octanol–water partition coefficient (Wildman–Crippen LogP) is 5.47. The molecule has 0 bridgehead atoms. The molecule has 3 aromatic rings. The van der Waals surface area contributed by atoms with Crippen molar-refractivity contribution in [2.24, 2.45) is 5.73 Å². The third kappa shape index (κ3) is 5.20. The van der Waals surface area contributed by atoms with E-state index in [2.05, 4.69) is 48.9 Å². The number of rotatable bonds is 8. The smallest absolute Gasteiger partial charge is 0.270 e. The Morgan fingerprint density at radius 3 is 2.58 bits per heavy atom. The quantitative estimate of drug-likeness (QED) is 0.481. The van der Waals surface area contributed by atoms with Gasteiger partial charge in [-0.15, -0.1) is 0 Å². The molecule has 1 aliphatic rings. The molecule has 1 fully saturated rings. The number of hydrogen-bond acceptors (Lipinski definition) is 4. The van der Waals surface area contributed by atoms with Crippen LogP contribution in [0.5, 0.6) is 0 Å². The third-order valence-electron chi connectivity index (χ3n) is 7.23. The van der Waals surface area contributed by atoms with E-state index in [1.165, 1.54) is 37.7 Å². The fourth-order valence-corrected chi connectivity index (χ4v) is 5.53. The molecule has 176 valence electrons. The largest absolute Gasteiger partial charge is 0.326 e. The Hall–Kier alpha value is -2.50. The van der Waals surface area contributed by atoms with Gasteiger partial charge in [0.15, 0.2) is 0 Å². The van der Waals surface area contributed by atoms with Gasteiger partial charge in [0.25, 0.3) is 5.56 Å². The van der Waals surface area contributed by atoms with E-state index in [9.17, 15) is 4.79 Å². The molecule has 1 aromatic heterocycles. The van der Waals surface area contributed by atoms with Crippen molar-refractivity contribution in [3.8, 4) is 0 Å². The number of fused-ring (bicyclic) bond motifs is 1. The van der Waals surface area contributed by atoms with Crippen LogP contribution in [0, 0.1) is 0 Å². The van der Waals surface area contributed by atoms with Crippen LogP contribution < -0.4 is 11.3 Å². The van der Waals surface area contributed by atoms with Gasteiger partial charge in [-0.25, -0.2) is 4.98 Å². The molecule has 1 saturated heterocycles. The molecular formula is C28H38N4O. The Bertz CT molecular complexity index is 1130. The van der Waals surface area contributed by atoms with Crippen molar-refractivity contribution in [1.82, 2.24) is 14.9 Å². The lowest BCUT2D eigenvalue weighted by Crippen LogP contribution is -2.46. The number of aromatic amines is 1. The van der Waals surface area contributed by atoms with Crippen LogP contribution in [0.1, 0.15) is 87.7 Å². The Morgan fingerprint density at radius 2 is 1.85 bits per heavy atom. The highest BCUT2D eigenvalue weighted by atomic mass is 16.1. The molecule has 1 aliphatic heterocycles. The second-order valence-electron chi connectivity index (χ2n) is 9.69. The maximum Gasteiger partial charge on any atom is 0.270 e. The van der Waals surface area contributed by atoms with E-state index in [0.717, 1.165) is 28.6 Å². The van der Waals surface area contributed by atoms with Gasteiger partial charge in [-0.1, -0.05) is 62.6 Å². The Morgan fingerprint density at radius 1 is 1.12 bits per heavy atom. The summed E-state index contributed by atoms with van der Waals surface area (Å²) in [6.07, 6.45) is 7.74. The standard InChI is InChI=1S/C28H38N4O/c1-4-5-15-26(32-19(2)9-6-10-20(32)3)23-13-8-14-24-27(23)30-25(28(33)31-24)17-21-11-7-12-22(16-21)18-29/h7-8,11-14,16,19-20,26H,4-6,9-10,15,17-18,29H2,1-3H3,(H,31,33). The van der Waals surface area contributed by atoms with Crippen LogP contribution in [0.3, 0.4) is 0 Å². The highest BCUT2D eigenvalue weighted by Gasteiger charge is 2.32. The molecule has 2 aromatic carbocycles. The van der Waals surface area contributed by atoms with E-state index in [0.29, 0.717) is 36.8 Å². The zero-order chi connectivity index (χ0) is 23.4. The highest BCUT2D eigenvalue weighted by Crippen LogP contribution is 2.37. The highest BCUT2D eigenvalue weighted by molar-refractivity contribution is 5.78. The number of hydrogen-bond donors (Lipinski definition) is 2. The summed E-state index contributed by atoms with van der Waals surface area (Å²) in [5.41, 5.74) is 11.4. The van der Waals surface area contributed by atoms with Gasteiger partial charge in [-0.05, 0) is 55.9 Å². The van der Waals surface area contributed by atoms with Gasteiger partial charge < -0.3 is 10.7 Å². The van der Waals surface area contributed by atoms with E-state index in [1.54, 1.807) is 0 Å². The molecule has 3 unspecified atom stereocenters. The van der Waals surface area contributed by atoms with Gasteiger partial charge in [-0.2, -0.15) is 0 Å². The van der Waals surface area contributed by atoms with Crippen molar-refractivity contribution in [2.45, 2.75) is 90.4 Å². The minimum atomic E-state index is -0.109. The Balaban J connectivity index is 1.78. The minimum absolute atomic E-state index is 0.109. The van der Waals surface area contributed by atoms with Crippen molar-refractivity contribution >= 4 is 11.0 Å². The summed E-state index contributed by atoms with van der Waals surface area (Å²) < 4.78 is 0. The molecule has 0 radical (unpaired) electrons. The third-order valence-corrected chi connectivity index (χ3v) is 7.23. The molecule has 2 heterocycles. The van der Waals surface area contributed by atoms with Crippen LogP contribution in [-0.4, -0.2) is 27.0 Å². The summed E-state index contributed by atoms with van der Waals surface area (Å²) in [6, 6.07) is 15.8. The molecule has 4 rings (SSSR count). The van der Waals surface area contributed by atoms with Crippen molar-refractivity contribution in [3.63, 3.8) is 0 Å². The average molecular weight is 447 g/mol. The first kappa shape index (κ1) is 23.7. The molecule has 5 nitrogen and oxygen atoms in total. The first-order valence-electron chi connectivity index (χ1n) is 12.6. The fraction of sp³-hybridized carbons (Fsp3) is 0.500. The first-order chi connectivity index (χ1) is 16.0. The molecule has 0 aliphatic carbocycles. The molecular weight excluding hydrogens is 408 g/mol. The second kappa shape index (κ2) is 10.6. The number of nitrogens with zero attached hydrogens (tertiary/aromatic N) is 2. The molecule has 0 saturated carbocycles. The van der Waals surface area contributed by atoms with Crippen molar-refractivity contribution in [1.29, 1.82) is 0 Å². The predicted molar refractivity (Wildman–Crippen MR) is 136 cm³/mol. The number of nitrogens with two attached hydrogens (primary N) is 1. The number of nitrogens with one attached hydrogen (secondary N) is 1. The molecule has 33 heavy (non-hydrogen) atoms. The molecule has 3 atom stereocenters. The number of H-pyrrole nitrogens is 1. The van der Waals surface area contributed by atoms with E-state index >= 15 is 0 Å². The summed E-state index contributed by atoms with van der Waals surface area (Å²) in [7, 11) is 0. The van der Waals surface area contributed by atoms with Crippen LogP contribution in [0.4, 0.5) is 0 Å². The van der Waals surface area contributed by atoms with Crippen LogP contribution in [0.2, 0.25) is 0 Å². The monoisotopic (exact) mass is 446 g/mol. The number of benzene rings is 2. The van der Waals surface area contributed by atoms with Gasteiger partial charge in [-0.3, -0.25) is 9.69 Å². The van der Waals surface area contributed by atoms with Gasteiger partial charge in [0, 0.05) is 31.1 Å². The topological polar surface area (TPSA) is 75.0 Å². The molecule has 0 spiro atoms. The fourth-order valence-electron chi connectivity index (χ4n) is 5.53. The lowest BCUT2D eigenvalue weighted by Gasteiger charge is -2.44. The zero-order valence-electron chi connectivity index (χ0n) is 20.3. The van der Waals surface area contributed by atoms with E-state index in [-0.39, 0.29) is 5.56 Å². The normalized spacial score (nSPS) is 20.2. The summed E-state index contributed by atoms with van der Waals surface area (Å²) in [4.78, 5) is 23.7. The summed E-state index contributed by atoms with van der Waals surface area (Å²) in [6.45, 7) is 7.48. The zero-order valence-corrected chi connectivity index (χ0v) is 20.3. The first-order valence-corrected chi connectivity index (χ1v) is 12.6. The lowest BCUT2D eigenvalue weighted by atomic mass is 9.89. The lowest BCUT2D eigenvalue weighted by molar-refractivity contribution is 0.0495. The van der Waals surface area contributed by atoms with Crippen LogP contribution in [0.25, 0.3) is 11.0 Å². The van der Waals surface area contributed by atoms with Crippen molar-refractivity contribution in [3.05, 3.63) is 75.2 Å². The average Bonchev–Trinajstić information content (AvgIpc) is 2.81. The van der Waals surface area contributed by atoms with Gasteiger partial charge in [0.2, 0.25) is 0 Å². The van der Waals surface area contributed by atoms with E-state index in [1.807, 2.05) is 24.3 Å². The van der Waals surface area contributed by atoms with Crippen LogP contribution in [0.15, 0.2) is 47.3 Å². The molecule has 3 N–H and O–H groups in total. The SMILES string of the molecule is CCCCC(c1cccc2[nH]c(=O)c(Cc3cccc(CN)c3)nc12)N1C(C)CCCC1C. The maximum atomic E-state index is 12.9. The van der Waals surface area contributed by atoms with Crippen LogP contribution in [-0.2, 0) is 13.0 Å². The summed E-state index contributed by atoms with van der Waals surface area (Å²) in [5.74, 6) is 0. The summed E-state index contributed by atoms with van der Waals surface area (Å²) in [5, 5.41) is 0. The van der Waals surface area contributed by atoms with Crippen LogP contribution >= 0.6 is 0 Å². The van der Waals surface area contributed by atoms with E-state index in [4.69, 9.17) is 10.7 Å². The van der Waals surface area contributed by atoms with E-state index < -0.39 is 0 Å². The molecule has 0 amide bonds. The number of piperidine rings is 1. The van der Waals surface area contributed by atoms with Crippen molar-refractivity contribution in [2.75, 3.05) is 0 Å². The minimum Gasteiger partial charge on any atom is -0.326 e.